The van der Waals surface area contributed by atoms with E-state index in [9.17, 15) is 4.79 Å². The molecular formula is C22H30N4O2. The van der Waals surface area contributed by atoms with Crippen LogP contribution in [0.15, 0.2) is 30.5 Å². The van der Waals surface area contributed by atoms with E-state index < -0.39 is 0 Å². The lowest BCUT2D eigenvalue weighted by molar-refractivity contribution is 0.0514. The van der Waals surface area contributed by atoms with Crippen molar-refractivity contribution in [2.75, 3.05) is 26.7 Å². The van der Waals surface area contributed by atoms with E-state index >= 15 is 0 Å². The number of fused-ring (bicyclic) bond motifs is 1. The van der Waals surface area contributed by atoms with Gasteiger partial charge in [0.15, 0.2) is 0 Å². The summed E-state index contributed by atoms with van der Waals surface area (Å²) in [4.78, 5) is 17.1. The largest absolute Gasteiger partial charge is 0.461 e. The first-order chi connectivity index (χ1) is 13.7. The van der Waals surface area contributed by atoms with Gasteiger partial charge in [0.05, 0.1) is 12.8 Å². The van der Waals surface area contributed by atoms with Crippen LogP contribution in [0.3, 0.4) is 0 Å². The number of H-pyrrole nitrogens is 1. The standard InChI is InChI=1S/C22H30N4O2/c1-3-28-22(27)21-18(13-23-24-21)14-25(2)19-9-6-10-26(15-19)20-11-16-7-4-5-8-17(16)12-20/h4-5,7-8,13,19-20H,3,6,9-12,14-15H2,1-2H3,(H,23,24)/t19-/m0/s1. The average Bonchev–Trinajstić information content (AvgIpc) is 3.35. The lowest BCUT2D eigenvalue weighted by atomic mass is 10.0. The van der Waals surface area contributed by atoms with Crippen LogP contribution in [0.25, 0.3) is 0 Å². The Morgan fingerprint density at radius 2 is 2.07 bits per heavy atom. The molecule has 0 saturated carbocycles. The summed E-state index contributed by atoms with van der Waals surface area (Å²) < 4.78 is 5.13. The predicted octanol–water partition coefficient (Wildman–Crippen LogP) is 2.65. The van der Waals surface area contributed by atoms with Crippen molar-refractivity contribution in [3.8, 4) is 0 Å². The summed E-state index contributed by atoms with van der Waals surface area (Å²) in [6.07, 6.45) is 6.50. The molecule has 0 bridgehead atoms. The summed E-state index contributed by atoms with van der Waals surface area (Å²) in [5.74, 6) is -0.322. The number of rotatable bonds is 6. The van der Waals surface area contributed by atoms with Gasteiger partial charge in [-0.1, -0.05) is 24.3 Å². The summed E-state index contributed by atoms with van der Waals surface area (Å²) in [6.45, 7) is 5.16. The number of carbonyl (C=O) groups is 1. The van der Waals surface area contributed by atoms with Gasteiger partial charge in [-0.3, -0.25) is 14.9 Å². The molecule has 0 unspecified atom stereocenters. The van der Waals surface area contributed by atoms with E-state index in [1.54, 1.807) is 6.20 Å². The molecule has 6 nitrogen and oxygen atoms in total. The molecule has 2 heterocycles. The van der Waals surface area contributed by atoms with Gasteiger partial charge in [0.2, 0.25) is 0 Å². The van der Waals surface area contributed by atoms with Crippen molar-refractivity contribution in [1.82, 2.24) is 20.0 Å². The minimum Gasteiger partial charge on any atom is -0.461 e. The van der Waals surface area contributed by atoms with Gasteiger partial charge >= 0.3 is 5.97 Å². The molecule has 2 aromatic rings. The average molecular weight is 383 g/mol. The Labute approximate surface area is 166 Å². The fourth-order valence-corrected chi connectivity index (χ4v) is 4.68. The second-order valence-electron chi connectivity index (χ2n) is 8.03. The SMILES string of the molecule is CCOC(=O)c1[nH]ncc1CN(C)[C@H]1CCCN(C2Cc3ccccc3C2)C1. The number of carbonyl (C=O) groups excluding carboxylic acids is 1. The lowest BCUT2D eigenvalue weighted by Crippen LogP contribution is -2.50. The molecule has 150 valence electrons. The minimum absolute atomic E-state index is 0.322. The maximum absolute atomic E-state index is 12.1. The highest BCUT2D eigenvalue weighted by molar-refractivity contribution is 5.88. The molecule has 1 N–H and O–H groups in total. The fourth-order valence-electron chi connectivity index (χ4n) is 4.68. The van der Waals surface area contributed by atoms with Gasteiger partial charge in [-0.15, -0.1) is 0 Å². The zero-order chi connectivity index (χ0) is 19.5. The van der Waals surface area contributed by atoms with Crippen molar-refractivity contribution in [2.24, 2.45) is 0 Å². The molecule has 1 fully saturated rings. The molecule has 1 aliphatic heterocycles. The number of aromatic amines is 1. The van der Waals surface area contributed by atoms with Gasteiger partial charge in [0, 0.05) is 30.7 Å². The van der Waals surface area contributed by atoms with Crippen molar-refractivity contribution in [3.63, 3.8) is 0 Å². The van der Waals surface area contributed by atoms with Crippen LogP contribution >= 0.6 is 0 Å². The van der Waals surface area contributed by atoms with Crippen LogP contribution in [-0.4, -0.2) is 64.8 Å². The van der Waals surface area contributed by atoms with Crippen molar-refractivity contribution in [3.05, 3.63) is 52.8 Å². The van der Waals surface area contributed by atoms with E-state index in [0.29, 0.717) is 30.9 Å². The van der Waals surface area contributed by atoms with E-state index in [4.69, 9.17) is 4.74 Å². The van der Waals surface area contributed by atoms with Gasteiger partial charge < -0.3 is 4.74 Å². The van der Waals surface area contributed by atoms with Crippen LogP contribution in [0.1, 0.15) is 46.9 Å². The molecule has 4 rings (SSSR count). The second kappa shape index (κ2) is 8.45. The zero-order valence-electron chi connectivity index (χ0n) is 16.9. The van der Waals surface area contributed by atoms with E-state index in [0.717, 1.165) is 12.1 Å². The van der Waals surface area contributed by atoms with Crippen molar-refractivity contribution < 1.29 is 9.53 Å². The summed E-state index contributed by atoms with van der Waals surface area (Å²) in [6, 6.07) is 9.97. The molecule has 2 aliphatic rings. The Hall–Kier alpha value is -2.18. The Bertz CT molecular complexity index is 793. The predicted molar refractivity (Wildman–Crippen MR) is 108 cm³/mol. The third-order valence-corrected chi connectivity index (χ3v) is 6.21. The Morgan fingerprint density at radius 3 is 2.79 bits per heavy atom. The molecule has 0 spiro atoms. The van der Waals surface area contributed by atoms with Gasteiger partial charge in [-0.05, 0) is 57.3 Å². The molecule has 1 saturated heterocycles. The summed E-state index contributed by atoms with van der Waals surface area (Å²) in [5.41, 5.74) is 4.42. The first-order valence-electron chi connectivity index (χ1n) is 10.4. The third kappa shape index (κ3) is 3.98. The molecule has 1 aromatic heterocycles. The molecule has 0 radical (unpaired) electrons. The van der Waals surface area contributed by atoms with E-state index in [1.807, 2.05) is 6.92 Å². The highest BCUT2D eigenvalue weighted by Gasteiger charge is 2.32. The smallest absolute Gasteiger partial charge is 0.356 e. The highest BCUT2D eigenvalue weighted by Crippen LogP contribution is 2.28. The van der Waals surface area contributed by atoms with Gasteiger partial charge in [-0.2, -0.15) is 5.10 Å². The maximum Gasteiger partial charge on any atom is 0.356 e. The number of nitrogens with zero attached hydrogens (tertiary/aromatic N) is 3. The molecule has 1 aromatic carbocycles. The molecule has 1 atom stereocenters. The number of hydrogen-bond acceptors (Lipinski definition) is 5. The van der Waals surface area contributed by atoms with Gasteiger partial charge in [0.25, 0.3) is 0 Å². The summed E-state index contributed by atoms with van der Waals surface area (Å²) >= 11 is 0. The molecule has 28 heavy (non-hydrogen) atoms. The Morgan fingerprint density at radius 1 is 1.32 bits per heavy atom. The number of ether oxygens (including phenoxy) is 1. The first-order valence-corrected chi connectivity index (χ1v) is 10.4. The number of hydrogen-bond donors (Lipinski definition) is 1. The third-order valence-electron chi connectivity index (χ3n) is 6.21. The normalized spacial score (nSPS) is 20.5. The Kier molecular flexibility index (Phi) is 5.78. The number of benzene rings is 1. The highest BCUT2D eigenvalue weighted by atomic mass is 16.5. The van der Waals surface area contributed by atoms with Crippen LogP contribution < -0.4 is 0 Å². The van der Waals surface area contributed by atoms with Crippen molar-refractivity contribution in [2.45, 2.75) is 51.2 Å². The number of likely N-dealkylation sites (N-methyl/N-ethyl adjacent to an activating group) is 1. The second-order valence-corrected chi connectivity index (χ2v) is 8.03. The number of piperidine rings is 1. The zero-order valence-corrected chi connectivity index (χ0v) is 16.9. The van der Waals surface area contributed by atoms with Crippen molar-refractivity contribution >= 4 is 5.97 Å². The number of nitrogens with one attached hydrogen (secondary N) is 1. The van der Waals surface area contributed by atoms with E-state index in [1.165, 1.54) is 43.4 Å². The van der Waals surface area contributed by atoms with Gasteiger partial charge in [-0.25, -0.2) is 4.79 Å². The van der Waals surface area contributed by atoms with Crippen LogP contribution in [0.5, 0.6) is 0 Å². The lowest BCUT2D eigenvalue weighted by Gasteiger charge is -2.40. The number of esters is 1. The van der Waals surface area contributed by atoms with Crippen LogP contribution in [-0.2, 0) is 24.1 Å². The quantitative estimate of drug-likeness (QED) is 0.779. The number of aromatic nitrogens is 2. The number of likely N-dealkylation sites (tertiary alicyclic amines) is 1. The fraction of sp³-hybridized carbons (Fsp3) is 0.545. The summed E-state index contributed by atoms with van der Waals surface area (Å²) in [5, 5.41) is 6.86. The van der Waals surface area contributed by atoms with Crippen LogP contribution in [0.4, 0.5) is 0 Å². The van der Waals surface area contributed by atoms with Crippen LogP contribution in [0.2, 0.25) is 0 Å². The minimum atomic E-state index is -0.322. The van der Waals surface area contributed by atoms with Crippen LogP contribution in [0, 0.1) is 0 Å². The Balaban J connectivity index is 1.37. The monoisotopic (exact) mass is 382 g/mol. The molecule has 1 aliphatic carbocycles. The molecular weight excluding hydrogens is 352 g/mol. The first kappa shape index (κ1) is 19.2. The molecule has 6 heteroatoms. The maximum atomic E-state index is 12.1. The molecule has 0 amide bonds. The van der Waals surface area contributed by atoms with Gasteiger partial charge in [0.1, 0.15) is 5.69 Å². The van der Waals surface area contributed by atoms with E-state index in [-0.39, 0.29) is 5.97 Å². The summed E-state index contributed by atoms with van der Waals surface area (Å²) in [7, 11) is 2.15. The van der Waals surface area contributed by atoms with E-state index in [2.05, 4.69) is 51.3 Å². The topological polar surface area (TPSA) is 61.5 Å². The van der Waals surface area contributed by atoms with Crippen molar-refractivity contribution in [1.29, 1.82) is 0 Å².